The normalized spacial score (nSPS) is 11.7. The van der Waals surface area contributed by atoms with Crippen LogP contribution in [0.5, 0.6) is 0 Å². The number of halogens is 1. The third-order valence-electron chi connectivity index (χ3n) is 4.12. The Labute approximate surface area is 166 Å². The molecule has 1 heterocycles. The van der Waals surface area contributed by atoms with Crippen LogP contribution in [0.2, 0.25) is 5.02 Å². The van der Waals surface area contributed by atoms with Gasteiger partial charge in [0.2, 0.25) is 15.9 Å². The molecule has 0 fully saturated rings. The molecule has 1 aromatic heterocycles. The minimum absolute atomic E-state index is 0.0589. The lowest BCUT2D eigenvalue weighted by Gasteiger charge is -2.09. The first-order valence-corrected chi connectivity index (χ1v) is 10.2. The number of carbonyl (C=O) groups excluding carboxylic acids is 1. The number of amides is 1. The van der Waals surface area contributed by atoms with Crippen molar-refractivity contribution in [2.75, 3.05) is 11.9 Å². The van der Waals surface area contributed by atoms with Crippen LogP contribution >= 0.6 is 11.6 Å². The summed E-state index contributed by atoms with van der Waals surface area (Å²) in [5.41, 5.74) is 2.08. The highest BCUT2D eigenvalue weighted by atomic mass is 35.5. The van der Waals surface area contributed by atoms with E-state index in [-0.39, 0.29) is 29.4 Å². The lowest BCUT2D eigenvalue weighted by Crippen LogP contribution is -2.27. The molecule has 2 aromatic carbocycles. The number of aryl methyl sites for hydroxylation is 2. The molecule has 0 aliphatic carbocycles. The number of anilines is 1. The van der Waals surface area contributed by atoms with Crippen LogP contribution in [-0.2, 0) is 21.9 Å². The zero-order valence-electron chi connectivity index (χ0n) is 15.2. The van der Waals surface area contributed by atoms with E-state index in [0.717, 1.165) is 5.56 Å². The quantitative estimate of drug-likeness (QED) is 0.632. The summed E-state index contributed by atoms with van der Waals surface area (Å²) in [6.07, 6.45) is -0.0773. The molecule has 0 atom stereocenters. The minimum Gasteiger partial charge on any atom is -0.408 e. The molecule has 0 spiro atoms. The van der Waals surface area contributed by atoms with Gasteiger partial charge in [0.25, 0.3) is 0 Å². The number of aromatic nitrogens is 1. The Balaban J connectivity index is 1.63. The van der Waals surface area contributed by atoms with E-state index < -0.39 is 15.8 Å². The summed E-state index contributed by atoms with van der Waals surface area (Å²) in [7, 11) is -2.34. The number of carbonyl (C=O) groups is 1. The van der Waals surface area contributed by atoms with Gasteiger partial charge in [-0.15, -0.1) is 0 Å². The van der Waals surface area contributed by atoms with Crippen molar-refractivity contribution in [2.24, 2.45) is 7.05 Å². The van der Waals surface area contributed by atoms with Crippen molar-refractivity contribution < 1.29 is 17.6 Å². The van der Waals surface area contributed by atoms with Gasteiger partial charge in [0, 0.05) is 26.1 Å². The van der Waals surface area contributed by atoms with E-state index in [9.17, 15) is 18.0 Å². The molecule has 0 unspecified atom stereocenters. The SMILES string of the molecule is Cc1ccc(NC(=O)CCNS(=O)(=O)c2ccc3c(c2)oc(=O)n3C)c(Cl)c1. The molecule has 8 nitrogen and oxygen atoms in total. The second-order valence-electron chi connectivity index (χ2n) is 6.24. The molecule has 0 radical (unpaired) electrons. The summed E-state index contributed by atoms with van der Waals surface area (Å²) in [6.45, 7) is 1.78. The summed E-state index contributed by atoms with van der Waals surface area (Å²) in [5, 5.41) is 3.05. The van der Waals surface area contributed by atoms with Crippen LogP contribution in [0.25, 0.3) is 11.1 Å². The second kappa shape index (κ2) is 7.78. The van der Waals surface area contributed by atoms with Gasteiger partial charge < -0.3 is 9.73 Å². The molecule has 3 aromatic rings. The summed E-state index contributed by atoms with van der Waals surface area (Å²) < 4.78 is 33.4. The molecular formula is C18H18ClN3O5S. The minimum atomic E-state index is -3.87. The molecule has 0 saturated carbocycles. The molecule has 3 rings (SSSR count). The van der Waals surface area contributed by atoms with Crippen LogP contribution in [0.4, 0.5) is 5.69 Å². The zero-order valence-corrected chi connectivity index (χ0v) is 16.7. The first-order valence-electron chi connectivity index (χ1n) is 8.32. The van der Waals surface area contributed by atoms with Crippen molar-refractivity contribution in [2.45, 2.75) is 18.2 Å². The van der Waals surface area contributed by atoms with Crippen LogP contribution in [0.3, 0.4) is 0 Å². The van der Waals surface area contributed by atoms with Gasteiger partial charge in [-0.05, 0) is 36.8 Å². The Morgan fingerprint density at radius 3 is 2.68 bits per heavy atom. The third-order valence-corrected chi connectivity index (χ3v) is 5.89. The largest absolute Gasteiger partial charge is 0.419 e. The monoisotopic (exact) mass is 423 g/mol. The number of benzene rings is 2. The average molecular weight is 424 g/mol. The van der Waals surface area contributed by atoms with Crippen molar-refractivity contribution in [1.82, 2.24) is 9.29 Å². The molecule has 148 valence electrons. The van der Waals surface area contributed by atoms with Crippen molar-refractivity contribution in [3.05, 3.63) is 57.5 Å². The van der Waals surface area contributed by atoms with Gasteiger partial charge in [0.1, 0.15) is 0 Å². The average Bonchev–Trinajstić information content (AvgIpc) is 2.91. The van der Waals surface area contributed by atoms with Crippen molar-refractivity contribution in [3.63, 3.8) is 0 Å². The topological polar surface area (TPSA) is 110 Å². The molecule has 0 aliphatic rings. The van der Waals surface area contributed by atoms with Gasteiger partial charge >= 0.3 is 5.76 Å². The maximum atomic E-state index is 12.4. The number of hydrogen-bond donors (Lipinski definition) is 2. The van der Waals surface area contributed by atoms with Gasteiger partial charge in [0.05, 0.1) is 21.1 Å². The van der Waals surface area contributed by atoms with Crippen LogP contribution in [-0.4, -0.2) is 25.4 Å². The molecule has 28 heavy (non-hydrogen) atoms. The second-order valence-corrected chi connectivity index (χ2v) is 8.41. The Bertz CT molecular complexity index is 1210. The zero-order chi connectivity index (χ0) is 20.5. The van der Waals surface area contributed by atoms with Crippen LogP contribution in [0, 0.1) is 6.92 Å². The van der Waals surface area contributed by atoms with Gasteiger partial charge in [-0.2, -0.15) is 0 Å². The summed E-state index contributed by atoms with van der Waals surface area (Å²) >= 11 is 6.06. The van der Waals surface area contributed by atoms with Crippen LogP contribution in [0.1, 0.15) is 12.0 Å². The number of fused-ring (bicyclic) bond motifs is 1. The molecule has 0 bridgehead atoms. The third kappa shape index (κ3) is 4.27. The van der Waals surface area contributed by atoms with Crippen molar-refractivity contribution in [1.29, 1.82) is 0 Å². The molecule has 1 amide bonds. The Hall–Kier alpha value is -2.62. The van der Waals surface area contributed by atoms with Gasteiger partial charge in [-0.25, -0.2) is 17.9 Å². The lowest BCUT2D eigenvalue weighted by atomic mass is 10.2. The van der Waals surface area contributed by atoms with E-state index in [4.69, 9.17) is 16.0 Å². The standard InChI is InChI=1S/C18H18ClN3O5S/c1-11-3-5-14(13(19)9-11)21-17(23)7-8-20-28(25,26)12-4-6-15-16(10-12)27-18(24)22(15)2/h3-6,9-10,20H,7-8H2,1-2H3,(H,21,23). The predicted octanol–water partition coefficient (Wildman–Crippen LogP) is 2.40. The highest BCUT2D eigenvalue weighted by molar-refractivity contribution is 7.89. The highest BCUT2D eigenvalue weighted by Gasteiger charge is 2.17. The van der Waals surface area contributed by atoms with Gasteiger partial charge in [-0.3, -0.25) is 9.36 Å². The Morgan fingerprint density at radius 2 is 1.96 bits per heavy atom. The molecule has 10 heteroatoms. The van der Waals surface area contributed by atoms with Crippen LogP contribution < -0.4 is 15.8 Å². The van der Waals surface area contributed by atoms with Crippen LogP contribution in [0.15, 0.2) is 50.5 Å². The fourth-order valence-electron chi connectivity index (χ4n) is 2.60. The molecule has 0 saturated heterocycles. The fourth-order valence-corrected chi connectivity index (χ4v) is 3.93. The van der Waals surface area contributed by atoms with E-state index >= 15 is 0 Å². The van der Waals surface area contributed by atoms with Gasteiger partial charge in [0.15, 0.2) is 5.58 Å². The fraction of sp³-hybridized carbons (Fsp3) is 0.222. The van der Waals surface area contributed by atoms with Gasteiger partial charge in [-0.1, -0.05) is 17.7 Å². The van der Waals surface area contributed by atoms with Crippen molar-refractivity contribution in [3.8, 4) is 0 Å². The van der Waals surface area contributed by atoms with Crippen molar-refractivity contribution >= 4 is 44.3 Å². The predicted molar refractivity (Wildman–Crippen MR) is 106 cm³/mol. The van der Waals surface area contributed by atoms with E-state index in [1.807, 2.05) is 13.0 Å². The number of oxazole rings is 1. The Morgan fingerprint density at radius 1 is 1.21 bits per heavy atom. The first-order chi connectivity index (χ1) is 13.2. The summed E-state index contributed by atoms with van der Waals surface area (Å²) in [6, 6.07) is 9.33. The van der Waals surface area contributed by atoms with E-state index in [1.54, 1.807) is 12.1 Å². The maximum Gasteiger partial charge on any atom is 0.419 e. The van der Waals surface area contributed by atoms with E-state index in [2.05, 4.69) is 10.0 Å². The first kappa shape index (κ1) is 20.1. The number of rotatable bonds is 6. The molecule has 0 aliphatic heterocycles. The lowest BCUT2D eigenvalue weighted by molar-refractivity contribution is -0.116. The highest BCUT2D eigenvalue weighted by Crippen LogP contribution is 2.23. The number of sulfonamides is 1. The Kier molecular flexibility index (Phi) is 5.59. The van der Waals surface area contributed by atoms with E-state index in [0.29, 0.717) is 16.2 Å². The van der Waals surface area contributed by atoms with E-state index in [1.165, 1.54) is 29.8 Å². The number of nitrogens with one attached hydrogen (secondary N) is 2. The molecule has 2 N–H and O–H groups in total. The molecular weight excluding hydrogens is 406 g/mol. The smallest absolute Gasteiger partial charge is 0.408 e. The number of hydrogen-bond acceptors (Lipinski definition) is 5. The summed E-state index contributed by atoms with van der Waals surface area (Å²) in [5.74, 6) is -0.957. The maximum absolute atomic E-state index is 12.4. The summed E-state index contributed by atoms with van der Waals surface area (Å²) in [4.78, 5) is 23.5. The number of nitrogens with zero attached hydrogens (tertiary/aromatic N) is 1.